The molecule has 0 radical (unpaired) electrons. The van der Waals surface area contributed by atoms with Crippen molar-refractivity contribution < 1.29 is 31.5 Å². The van der Waals surface area contributed by atoms with E-state index < -0.39 is 10.1 Å². The summed E-state index contributed by atoms with van der Waals surface area (Å²) in [6.45, 7) is 8.91. The number of allylic oxidation sites excluding steroid dienone is 3. The third-order valence-corrected chi connectivity index (χ3v) is 14.1. The van der Waals surface area contributed by atoms with Gasteiger partial charge in [0.15, 0.2) is 12.6 Å². The van der Waals surface area contributed by atoms with Crippen molar-refractivity contribution in [3.63, 3.8) is 0 Å². The fraction of sp³-hybridized carbons (Fsp3) is 0.737. The van der Waals surface area contributed by atoms with E-state index >= 15 is 0 Å². The zero-order valence-corrected chi connectivity index (χ0v) is 28.8. The van der Waals surface area contributed by atoms with Gasteiger partial charge in [-0.3, -0.25) is 4.18 Å². The van der Waals surface area contributed by atoms with Crippen molar-refractivity contribution in [2.75, 3.05) is 19.8 Å². The maximum atomic E-state index is 12.9. The number of ether oxygens (including phenoxy) is 4. The average molecular weight is 655 g/mol. The maximum absolute atomic E-state index is 12.9. The van der Waals surface area contributed by atoms with Crippen LogP contribution in [0.2, 0.25) is 0 Å². The van der Waals surface area contributed by atoms with Crippen LogP contribution >= 0.6 is 0 Å². The largest absolute Gasteiger partial charge is 0.353 e. The normalized spacial score (nSPS) is 40.2. The van der Waals surface area contributed by atoms with Crippen LogP contribution in [0.5, 0.6) is 0 Å². The molecule has 1 aromatic carbocycles. The molecule has 0 amide bonds. The van der Waals surface area contributed by atoms with Crippen LogP contribution in [0.1, 0.15) is 97.8 Å². The number of hydrogen-bond donors (Lipinski definition) is 0. The van der Waals surface area contributed by atoms with Crippen molar-refractivity contribution in [3.8, 4) is 0 Å². The highest BCUT2D eigenvalue weighted by Crippen LogP contribution is 2.66. The molecule has 0 aromatic heterocycles. The molecule has 3 unspecified atom stereocenters. The first kappa shape index (κ1) is 33.0. The van der Waals surface area contributed by atoms with E-state index in [0.717, 1.165) is 90.3 Å². The van der Waals surface area contributed by atoms with Gasteiger partial charge in [0, 0.05) is 25.0 Å². The second-order valence-electron chi connectivity index (χ2n) is 15.4. The number of benzene rings is 1. The minimum atomic E-state index is -3.77. The summed E-state index contributed by atoms with van der Waals surface area (Å²) in [6, 6.07) is 8.50. The average Bonchev–Trinajstić information content (AvgIpc) is 3.43. The fourth-order valence-corrected chi connectivity index (χ4v) is 11.3. The predicted octanol–water partition coefficient (Wildman–Crippen LogP) is 7.96. The SMILES string of the molecule is CC(COS(=O)(=O)c1ccccc1)[C@H]1CC[C@H]2C3=CC=C4C[C@@H](OC5CCCCO5)C[C@H](OC5CCCCO5)[C@]4(C)[C@H]3CC[C@]12C. The molecule has 4 aliphatic carbocycles. The molecule has 2 aliphatic heterocycles. The third kappa shape index (κ3) is 6.20. The lowest BCUT2D eigenvalue weighted by molar-refractivity contribution is -0.242. The summed E-state index contributed by atoms with van der Waals surface area (Å²) >= 11 is 0. The van der Waals surface area contributed by atoms with Crippen molar-refractivity contribution in [2.24, 2.45) is 34.5 Å². The minimum Gasteiger partial charge on any atom is -0.353 e. The molecule has 7 nitrogen and oxygen atoms in total. The van der Waals surface area contributed by atoms with Gasteiger partial charge < -0.3 is 18.9 Å². The molecule has 46 heavy (non-hydrogen) atoms. The smallest absolute Gasteiger partial charge is 0.296 e. The summed E-state index contributed by atoms with van der Waals surface area (Å²) in [5.74, 6) is 1.46. The minimum absolute atomic E-state index is 0.0231. The molecule has 5 fully saturated rings. The van der Waals surface area contributed by atoms with Crippen LogP contribution in [-0.2, 0) is 33.2 Å². The third-order valence-electron chi connectivity index (χ3n) is 12.8. The zero-order chi connectivity index (χ0) is 31.9. The maximum Gasteiger partial charge on any atom is 0.296 e. The first-order chi connectivity index (χ1) is 22.2. The Kier molecular flexibility index (Phi) is 9.60. The van der Waals surface area contributed by atoms with Crippen LogP contribution < -0.4 is 0 Å². The molecule has 10 atom stereocenters. The fourth-order valence-electron chi connectivity index (χ4n) is 10.3. The van der Waals surface area contributed by atoms with E-state index in [-0.39, 0.29) is 53.0 Å². The molecule has 0 N–H and O–H groups in total. The van der Waals surface area contributed by atoms with Gasteiger partial charge in [-0.1, -0.05) is 62.3 Å². The molecule has 6 aliphatic rings. The summed E-state index contributed by atoms with van der Waals surface area (Å²) < 4.78 is 57.2. The lowest BCUT2D eigenvalue weighted by Crippen LogP contribution is -2.55. The van der Waals surface area contributed by atoms with E-state index in [0.29, 0.717) is 17.8 Å². The standard InChI is InChI=1S/C38H54O7S/c1-26(25-43-46(39,40)29-11-5-4-6-12-29)31-17-18-32-30-16-15-27-23-28(44-35-13-7-9-21-41-35)24-34(45-36-14-8-10-22-42-36)38(27,3)33(30)19-20-37(31,32)2/h4-6,11-12,15-16,26,28,31-36H,7-10,13-14,17-25H2,1-3H3/t26?,28-,31-,32+,33+,34+,35?,36?,37-,38+/m1/s1. The molecule has 2 heterocycles. The van der Waals surface area contributed by atoms with Crippen LogP contribution in [0.4, 0.5) is 0 Å². The first-order valence-electron chi connectivity index (χ1n) is 18.1. The van der Waals surface area contributed by atoms with Crippen LogP contribution in [-0.4, -0.2) is 53.0 Å². The monoisotopic (exact) mass is 654 g/mol. The molecule has 8 heteroatoms. The summed E-state index contributed by atoms with van der Waals surface area (Å²) in [5.41, 5.74) is 3.06. The molecular weight excluding hydrogens is 600 g/mol. The quantitative estimate of drug-likeness (QED) is 0.250. The van der Waals surface area contributed by atoms with Crippen molar-refractivity contribution in [2.45, 2.75) is 128 Å². The van der Waals surface area contributed by atoms with E-state index in [1.165, 1.54) is 5.57 Å². The second-order valence-corrected chi connectivity index (χ2v) is 17.0. The zero-order valence-electron chi connectivity index (χ0n) is 28.0. The summed E-state index contributed by atoms with van der Waals surface area (Å²) in [7, 11) is -3.77. The lowest BCUT2D eigenvalue weighted by Gasteiger charge is -2.58. The molecule has 7 rings (SSSR count). The van der Waals surface area contributed by atoms with Crippen LogP contribution in [0, 0.1) is 34.5 Å². The van der Waals surface area contributed by atoms with Gasteiger partial charge in [0.1, 0.15) is 0 Å². The van der Waals surface area contributed by atoms with Crippen molar-refractivity contribution >= 4 is 10.1 Å². The number of hydrogen-bond acceptors (Lipinski definition) is 7. The van der Waals surface area contributed by atoms with Gasteiger partial charge in [0.25, 0.3) is 10.1 Å². The Bertz CT molecular complexity index is 1380. The first-order valence-corrected chi connectivity index (χ1v) is 19.5. The van der Waals surface area contributed by atoms with Crippen molar-refractivity contribution in [3.05, 3.63) is 53.6 Å². The molecule has 0 spiro atoms. The molecule has 1 aromatic rings. The Morgan fingerprint density at radius 1 is 0.870 bits per heavy atom. The van der Waals surface area contributed by atoms with E-state index in [1.807, 2.05) is 6.07 Å². The number of rotatable bonds is 9. The Hall–Kier alpha value is -1.55. The van der Waals surface area contributed by atoms with Crippen LogP contribution in [0.25, 0.3) is 0 Å². The van der Waals surface area contributed by atoms with Crippen LogP contribution in [0.3, 0.4) is 0 Å². The number of fused-ring (bicyclic) bond motifs is 5. The molecule has 3 saturated carbocycles. The van der Waals surface area contributed by atoms with Crippen molar-refractivity contribution in [1.82, 2.24) is 0 Å². The summed E-state index contributed by atoms with van der Waals surface area (Å²) in [5, 5.41) is 0. The highest BCUT2D eigenvalue weighted by molar-refractivity contribution is 7.86. The van der Waals surface area contributed by atoms with E-state index in [9.17, 15) is 8.42 Å². The van der Waals surface area contributed by atoms with Gasteiger partial charge in [0.2, 0.25) is 0 Å². The highest BCUT2D eigenvalue weighted by atomic mass is 32.2. The van der Waals surface area contributed by atoms with Gasteiger partial charge in [-0.15, -0.1) is 0 Å². The van der Waals surface area contributed by atoms with E-state index in [1.54, 1.807) is 29.8 Å². The van der Waals surface area contributed by atoms with E-state index in [4.69, 9.17) is 23.1 Å². The van der Waals surface area contributed by atoms with Gasteiger partial charge in [-0.25, -0.2) is 0 Å². The second kappa shape index (κ2) is 13.4. The Morgan fingerprint density at radius 3 is 2.28 bits per heavy atom. The Labute approximate surface area is 276 Å². The van der Waals surface area contributed by atoms with Gasteiger partial charge in [-0.2, -0.15) is 8.42 Å². The molecule has 0 bridgehead atoms. The summed E-state index contributed by atoms with van der Waals surface area (Å²) in [6.07, 6.45) is 17.5. The van der Waals surface area contributed by atoms with E-state index in [2.05, 4.69) is 32.9 Å². The summed E-state index contributed by atoms with van der Waals surface area (Å²) in [4.78, 5) is 0.225. The Balaban J connectivity index is 1.10. The molecular formula is C38H54O7S. The van der Waals surface area contributed by atoms with Crippen LogP contribution in [0.15, 0.2) is 58.5 Å². The topological polar surface area (TPSA) is 80.3 Å². The predicted molar refractivity (Wildman–Crippen MR) is 176 cm³/mol. The molecule has 254 valence electrons. The van der Waals surface area contributed by atoms with Crippen molar-refractivity contribution in [1.29, 1.82) is 0 Å². The van der Waals surface area contributed by atoms with Gasteiger partial charge >= 0.3 is 0 Å². The van der Waals surface area contributed by atoms with Gasteiger partial charge in [0.05, 0.1) is 23.7 Å². The molecule has 2 saturated heterocycles. The lowest BCUT2D eigenvalue weighted by atomic mass is 9.49. The Morgan fingerprint density at radius 2 is 1.59 bits per heavy atom. The van der Waals surface area contributed by atoms with Gasteiger partial charge in [-0.05, 0) is 112 Å². The highest BCUT2D eigenvalue weighted by Gasteiger charge is 2.60.